The quantitative estimate of drug-likeness (QED) is 0.918. The van der Waals surface area contributed by atoms with Gasteiger partial charge in [0.05, 0.1) is 13.2 Å². The molecule has 1 aromatic rings. The first-order valence-corrected chi connectivity index (χ1v) is 7.32. The summed E-state index contributed by atoms with van der Waals surface area (Å²) in [5, 5.41) is 13.2. The van der Waals surface area contributed by atoms with Gasteiger partial charge in [0.2, 0.25) is 0 Å². The number of rotatable bonds is 3. The van der Waals surface area contributed by atoms with Crippen LogP contribution < -0.4 is 10.1 Å². The third kappa shape index (κ3) is 2.46. The van der Waals surface area contributed by atoms with E-state index < -0.39 is 5.54 Å². The number of nitriles is 1. The van der Waals surface area contributed by atoms with E-state index in [4.69, 9.17) is 4.74 Å². The average molecular weight is 271 g/mol. The number of nitrogens with zero attached hydrogens (tertiary/aromatic N) is 2. The van der Waals surface area contributed by atoms with Crippen LogP contribution in [0.2, 0.25) is 0 Å². The lowest BCUT2D eigenvalue weighted by molar-refractivity contribution is 0.165. The number of piperidine rings is 1. The molecule has 0 amide bonds. The number of nitrogens with one attached hydrogen (secondary N) is 1. The number of hydrogen-bond acceptors (Lipinski definition) is 4. The standard InChI is InChI=1S/C16H21N3O/c1-20-15-6-2-4-13(10-15)18-16(12-17)7-9-19-8-3-5-14(19)11-16/h2,4,6,10,14,18H,3,5,7-9,11H2,1H3. The molecule has 2 saturated heterocycles. The molecule has 1 aromatic carbocycles. The molecule has 0 aliphatic carbocycles. The van der Waals surface area contributed by atoms with Crippen LogP contribution in [0.4, 0.5) is 5.69 Å². The van der Waals surface area contributed by atoms with Gasteiger partial charge in [-0.25, -0.2) is 0 Å². The van der Waals surface area contributed by atoms with Crippen molar-refractivity contribution in [1.82, 2.24) is 4.90 Å². The molecule has 2 aliphatic heterocycles. The molecule has 2 heterocycles. The second kappa shape index (κ2) is 5.34. The van der Waals surface area contributed by atoms with Crippen LogP contribution in [0.1, 0.15) is 25.7 Å². The first-order chi connectivity index (χ1) is 9.74. The third-order valence-corrected chi connectivity index (χ3v) is 4.58. The van der Waals surface area contributed by atoms with Gasteiger partial charge in [0, 0.05) is 24.3 Å². The minimum Gasteiger partial charge on any atom is -0.497 e. The molecular formula is C16H21N3O. The van der Waals surface area contributed by atoms with Crippen molar-refractivity contribution in [2.24, 2.45) is 0 Å². The van der Waals surface area contributed by atoms with Gasteiger partial charge in [-0.3, -0.25) is 0 Å². The number of anilines is 1. The number of hydrogen-bond donors (Lipinski definition) is 1. The van der Waals surface area contributed by atoms with Crippen LogP contribution in [0.3, 0.4) is 0 Å². The Morgan fingerprint density at radius 3 is 3.15 bits per heavy atom. The van der Waals surface area contributed by atoms with Gasteiger partial charge in [-0.05, 0) is 44.4 Å². The predicted molar refractivity (Wildman–Crippen MR) is 78.8 cm³/mol. The Morgan fingerprint density at radius 2 is 2.35 bits per heavy atom. The molecule has 2 unspecified atom stereocenters. The van der Waals surface area contributed by atoms with Crippen LogP contribution >= 0.6 is 0 Å². The van der Waals surface area contributed by atoms with E-state index in [9.17, 15) is 5.26 Å². The SMILES string of the molecule is COc1cccc(NC2(C#N)CCN3CCCC3C2)c1. The maximum Gasteiger partial charge on any atom is 0.128 e. The van der Waals surface area contributed by atoms with Crippen LogP contribution in [0.5, 0.6) is 5.75 Å². The zero-order chi connectivity index (χ0) is 14.0. The minimum atomic E-state index is -0.433. The molecule has 4 heteroatoms. The molecule has 0 spiro atoms. The summed E-state index contributed by atoms with van der Waals surface area (Å²) in [4.78, 5) is 2.53. The maximum atomic E-state index is 9.69. The van der Waals surface area contributed by atoms with Crippen molar-refractivity contribution >= 4 is 5.69 Å². The van der Waals surface area contributed by atoms with Crippen molar-refractivity contribution in [3.63, 3.8) is 0 Å². The molecule has 0 saturated carbocycles. The van der Waals surface area contributed by atoms with Crippen molar-refractivity contribution in [3.8, 4) is 11.8 Å². The molecule has 0 radical (unpaired) electrons. The second-order valence-corrected chi connectivity index (χ2v) is 5.84. The van der Waals surface area contributed by atoms with Gasteiger partial charge >= 0.3 is 0 Å². The maximum absolute atomic E-state index is 9.69. The highest BCUT2D eigenvalue weighted by Crippen LogP contribution is 2.35. The summed E-state index contributed by atoms with van der Waals surface area (Å²) >= 11 is 0. The normalized spacial score (nSPS) is 29.5. The van der Waals surface area contributed by atoms with Crippen LogP contribution in [0.25, 0.3) is 0 Å². The van der Waals surface area contributed by atoms with Gasteiger partial charge in [0.25, 0.3) is 0 Å². The zero-order valence-electron chi connectivity index (χ0n) is 11.9. The van der Waals surface area contributed by atoms with E-state index in [0.717, 1.165) is 30.8 Å². The Hall–Kier alpha value is -1.73. The molecule has 4 nitrogen and oxygen atoms in total. The molecular weight excluding hydrogens is 250 g/mol. The van der Waals surface area contributed by atoms with Crippen LogP contribution in [-0.4, -0.2) is 36.7 Å². The second-order valence-electron chi connectivity index (χ2n) is 5.84. The molecule has 106 valence electrons. The van der Waals surface area contributed by atoms with E-state index in [-0.39, 0.29) is 0 Å². The monoisotopic (exact) mass is 271 g/mol. The summed E-state index contributed by atoms with van der Waals surface area (Å²) in [7, 11) is 1.66. The Kier molecular flexibility index (Phi) is 3.54. The smallest absolute Gasteiger partial charge is 0.128 e. The minimum absolute atomic E-state index is 0.433. The number of fused-ring (bicyclic) bond motifs is 1. The van der Waals surface area contributed by atoms with E-state index in [1.165, 1.54) is 19.4 Å². The van der Waals surface area contributed by atoms with E-state index in [1.807, 2.05) is 24.3 Å². The fraction of sp³-hybridized carbons (Fsp3) is 0.562. The van der Waals surface area contributed by atoms with Crippen molar-refractivity contribution in [2.45, 2.75) is 37.3 Å². The van der Waals surface area contributed by atoms with Crippen molar-refractivity contribution in [2.75, 3.05) is 25.5 Å². The number of ether oxygens (including phenoxy) is 1. The van der Waals surface area contributed by atoms with E-state index >= 15 is 0 Å². The van der Waals surface area contributed by atoms with E-state index in [2.05, 4.69) is 16.3 Å². The average Bonchev–Trinajstić information content (AvgIpc) is 2.94. The van der Waals surface area contributed by atoms with Gasteiger partial charge in [0.1, 0.15) is 11.3 Å². The highest BCUT2D eigenvalue weighted by molar-refractivity contribution is 5.52. The van der Waals surface area contributed by atoms with Gasteiger partial charge in [-0.2, -0.15) is 5.26 Å². The Labute approximate surface area is 120 Å². The lowest BCUT2D eigenvalue weighted by Crippen LogP contribution is -2.51. The summed E-state index contributed by atoms with van der Waals surface area (Å²) in [5.41, 5.74) is 0.537. The van der Waals surface area contributed by atoms with Gasteiger partial charge in [-0.1, -0.05) is 6.07 Å². The zero-order valence-corrected chi connectivity index (χ0v) is 11.9. The van der Waals surface area contributed by atoms with E-state index in [1.54, 1.807) is 7.11 Å². The molecule has 2 aliphatic rings. The summed E-state index contributed by atoms with van der Waals surface area (Å²) in [6.07, 6.45) is 4.30. The topological polar surface area (TPSA) is 48.3 Å². The van der Waals surface area contributed by atoms with Crippen LogP contribution in [0.15, 0.2) is 24.3 Å². The molecule has 3 rings (SSSR count). The Balaban J connectivity index is 1.77. The van der Waals surface area contributed by atoms with Crippen molar-refractivity contribution in [1.29, 1.82) is 5.26 Å². The number of methoxy groups -OCH3 is 1. The molecule has 2 fully saturated rings. The third-order valence-electron chi connectivity index (χ3n) is 4.58. The Morgan fingerprint density at radius 1 is 1.45 bits per heavy atom. The van der Waals surface area contributed by atoms with Crippen molar-refractivity contribution in [3.05, 3.63) is 24.3 Å². The lowest BCUT2D eigenvalue weighted by Gasteiger charge is -2.40. The van der Waals surface area contributed by atoms with Crippen LogP contribution in [0, 0.1) is 11.3 Å². The molecule has 1 N–H and O–H groups in total. The van der Waals surface area contributed by atoms with Gasteiger partial charge in [0.15, 0.2) is 0 Å². The summed E-state index contributed by atoms with van der Waals surface area (Å²) < 4.78 is 5.25. The highest BCUT2D eigenvalue weighted by Gasteiger charge is 2.41. The molecule has 0 bridgehead atoms. The molecule has 20 heavy (non-hydrogen) atoms. The number of benzene rings is 1. The summed E-state index contributed by atoms with van der Waals surface area (Å²) in [6.45, 7) is 2.22. The molecule has 0 aromatic heterocycles. The van der Waals surface area contributed by atoms with Crippen molar-refractivity contribution < 1.29 is 4.74 Å². The van der Waals surface area contributed by atoms with Crippen LogP contribution in [-0.2, 0) is 0 Å². The Bertz CT molecular complexity index is 525. The summed E-state index contributed by atoms with van der Waals surface area (Å²) in [5.74, 6) is 0.821. The van der Waals surface area contributed by atoms with Gasteiger partial charge in [-0.15, -0.1) is 0 Å². The summed E-state index contributed by atoms with van der Waals surface area (Å²) in [6, 6.07) is 10.9. The lowest BCUT2D eigenvalue weighted by atomic mass is 9.84. The fourth-order valence-corrected chi connectivity index (χ4v) is 3.48. The largest absolute Gasteiger partial charge is 0.497 e. The predicted octanol–water partition coefficient (Wildman–Crippen LogP) is 2.63. The highest BCUT2D eigenvalue weighted by atomic mass is 16.5. The first kappa shape index (κ1) is 13.3. The molecule has 2 atom stereocenters. The first-order valence-electron chi connectivity index (χ1n) is 7.32. The fourth-order valence-electron chi connectivity index (χ4n) is 3.48. The van der Waals surface area contributed by atoms with E-state index in [0.29, 0.717) is 6.04 Å². The van der Waals surface area contributed by atoms with Gasteiger partial charge < -0.3 is 15.0 Å².